The topological polar surface area (TPSA) is 72.3 Å². The lowest BCUT2D eigenvalue weighted by atomic mass is 10.1. The van der Waals surface area contributed by atoms with Gasteiger partial charge in [0.25, 0.3) is 5.19 Å². The van der Waals surface area contributed by atoms with Crippen LogP contribution in [0.25, 0.3) is 0 Å². The van der Waals surface area contributed by atoms with Crippen LogP contribution < -0.4 is 4.74 Å². The van der Waals surface area contributed by atoms with E-state index in [4.69, 9.17) is 9.84 Å². The second kappa shape index (κ2) is 5.79. The second-order valence-electron chi connectivity index (χ2n) is 4.13. The van der Waals surface area contributed by atoms with Crippen molar-refractivity contribution in [3.63, 3.8) is 0 Å². The summed E-state index contributed by atoms with van der Waals surface area (Å²) >= 11 is 1.13. The Morgan fingerprint density at radius 3 is 2.95 bits per heavy atom. The van der Waals surface area contributed by atoms with E-state index in [2.05, 4.69) is 9.36 Å². The highest BCUT2D eigenvalue weighted by atomic mass is 32.1. The van der Waals surface area contributed by atoms with E-state index in [1.807, 2.05) is 13.8 Å². The van der Waals surface area contributed by atoms with Crippen LogP contribution in [0.1, 0.15) is 35.1 Å². The van der Waals surface area contributed by atoms with Crippen LogP contribution in [0.5, 0.6) is 10.9 Å². The molecular weight excluding hydrogens is 264 g/mol. The molecule has 1 N–H and O–H groups in total. The molecule has 1 aromatic heterocycles. The van der Waals surface area contributed by atoms with Gasteiger partial charge >= 0.3 is 5.97 Å². The number of aryl methyl sites for hydroxylation is 2. The molecule has 5 nitrogen and oxygen atoms in total. The number of hydrogen-bond acceptors (Lipinski definition) is 5. The van der Waals surface area contributed by atoms with Crippen molar-refractivity contribution >= 4 is 17.5 Å². The van der Waals surface area contributed by atoms with E-state index in [9.17, 15) is 4.79 Å². The molecule has 0 aliphatic heterocycles. The van der Waals surface area contributed by atoms with Crippen LogP contribution in [0.3, 0.4) is 0 Å². The molecule has 0 radical (unpaired) electrons. The van der Waals surface area contributed by atoms with Crippen LogP contribution in [0.15, 0.2) is 18.2 Å². The molecule has 0 saturated heterocycles. The summed E-state index contributed by atoms with van der Waals surface area (Å²) in [6.45, 7) is 3.92. The molecule has 6 heteroatoms. The Morgan fingerprint density at radius 1 is 1.47 bits per heavy atom. The highest BCUT2D eigenvalue weighted by molar-refractivity contribution is 7.07. The van der Waals surface area contributed by atoms with Crippen LogP contribution in [0.2, 0.25) is 0 Å². The second-order valence-corrected chi connectivity index (χ2v) is 4.85. The van der Waals surface area contributed by atoms with Crippen LogP contribution in [-0.4, -0.2) is 20.4 Å². The molecule has 1 aromatic carbocycles. The van der Waals surface area contributed by atoms with Crippen LogP contribution in [0, 0.1) is 6.92 Å². The van der Waals surface area contributed by atoms with Crippen molar-refractivity contribution in [2.24, 2.45) is 0 Å². The Hall–Kier alpha value is -1.95. The number of aromatic nitrogens is 2. The number of benzene rings is 1. The number of carboxylic acids is 1. The fourth-order valence-corrected chi connectivity index (χ4v) is 2.18. The standard InChI is InChI=1S/C13H14N2O3S/c1-3-4-11-14-13(19-15-11)18-10-7-8(2)5-6-9(10)12(16)17/h5-7H,3-4H2,1-2H3,(H,16,17). The van der Waals surface area contributed by atoms with Gasteiger partial charge < -0.3 is 9.84 Å². The Bertz CT molecular complexity index is 595. The Morgan fingerprint density at radius 2 is 2.26 bits per heavy atom. The lowest BCUT2D eigenvalue weighted by molar-refractivity contribution is 0.0694. The van der Waals surface area contributed by atoms with Crippen molar-refractivity contribution in [2.45, 2.75) is 26.7 Å². The minimum atomic E-state index is -1.02. The Kier molecular flexibility index (Phi) is 4.11. The lowest BCUT2D eigenvalue weighted by Gasteiger charge is -2.06. The van der Waals surface area contributed by atoms with Gasteiger partial charge in [-0.05, 0) is 31.0 Å². The van der Waals surface area contributed by atoms with Crippen molar-refractivity contribution in [3.05, 3.63) is 35.2 Å². The molecule has 2 aromatic rings. The maximum Gasteiger partial charge on any atom is 0.339 e. The van der Waals surface area contributed by atoms with Crippen LogP contribution in [0.4, 0.5) is 0 Å². The van der Waals surface area contributed by atoms with Crippen LogP contribution >= 0.6 is 11.5 Å². The monoisotopic (exact) mass is 278 g/mol. The summed E-state index contributed by atoms with van der Waals surface area (Å²) < 4.78 is 9.70. The van der Waals surface area contributed by atoms with Gasteiger partial charge in [-0.1, -0.05) is 13.0 Å². The third-order valence-corrected chi connectivity index (χ3v) is 3.12. The Balaban J connectivity index is 2.26. The third-order valence-electron chi connectivity index (χ3n) is 2.49. The molecule has 19 heavy (non-hydrogen) atoms. The minimum Gasteiger partial charge on any atom is -0.478 e. The van der Waals surface area contributed by atoms with E-state index in [0.29, 0.717) is 10.9 Å². The summed E-state index contributed by atoms with van der Waals surface area (Å²) in [5.74, 6) is 0.00650. The highest BCUT2D eigenvalue weighted by Gasteiger charge is 2.14. The highest BCUT2D eigenvalue weighted by Crippen LogP contribution is 2.28. The summed E-state index contributed by atoms with van der Waals surface area (Å²) in [7, 11) is 0. The predicted octanol–water partition coefficient (Wildman–Crippen LogP) is 3.29. The van der Waals surface area contributed by atoms with E-state index in [1.165, 1.54) is 6.07 Å². The SMILES string of the molecule is CCCc1nsc(Oc2cc(C)ccc2C(=O)O)n1. The van der Waals surface area contributed by atoms with Gasteiger partial charge in [-0.15, -0.1) is 0 Å². The third kappa shape index (κ3) is 3.29. The summed E-state index contributed by atoms with van der Waals surface area (Å²) in [5.41, 5.74) is 1.05. The predicted molar refractivity (Wildman–Crippen MR) is 72.1 cm³/mol. The molecule has 100 valence electrons. The molecule has 0 bridgehead atoms. The largest absolute Gasteiger partial charge is 0.478 e. The molecule has 0 saturated carbocycles. The van der Waals surface area contributed by atoms with Gasteiger partial charge in [0.1, 0.15) is 17.1 Å². The average molecular weight is 278 g/mol. The maximum absolute atomic E-state index is 11.1. The van der Waals surface area contributed by atoms with Gasteiger partial charge in [-0.2, -0.15) is 9.36 Å². The number of aromatic carboxylic acids is 1. The zero-order chi connectivity index (χ0) is 13.8. The first-order valence-corrected chi connectivity index (χ1v) is 6.72. The molecule has 0 aliphatic rings. The number of ether oxygens (including phenoxy) is 1. The molecule has 0 spiro atoms. The summed E-state index contributed by atoms with van der Waals surface area (Å²) in [5, 5.41) is 9.48. The summed E-state index contributed by atoms with van der Waals surface area (Å²) in [4.78, 5) is 15.3. The van der Waals surface area contributed by atoms with Gasteiger partial charge in [-0.3, -0.25) is 0 Å². The lowest BCUT2D eigenvalue weighted by Crippen LogP contribution is -2.00. The average Bonchev–Trinajstić information content (AvgIpc) is 2.77. The molecule has 0 aliphatic carbocycles. The molecular formula is C13H14N2O3S. The summed E-state index contributed by atoms with van der Waals surface area (Å²) in [6, 6.07) is 4.95. The van der Waals surface area contributed by atoms with Crippen molar-refractivity contribution in [2.75, 3.05) is 0 Å². The Labute approximate surface area is 115 Å². The molecule has 0 unspecified atom stereocenters. The molecule has 0 amide bonds. The normalized spacial score (nSPS) is 10.4. The zero-order valence-electron chi connectivity index (χ0n) is 10.7. The van der Waals surface area contributed by atoms with Crippen molar-refractivity contribution < 1.29 is 14.6 Å². The van der Waals surface area contributed by atoms with Gasteiger partial charge in [-0.25, -0.2) is 4.79 Å². The molecule has 0 atom stereocenters. The van der Waals surface area contributed by atoms with E-state index in [0.717, 1.165) is 35.8 Å². The minimum absolute atomic E-state index is 0.123. The first-order chi connectivity index (χ1) is 9.10. The van der Waals surface area contributed by atoms with E-state index in [1.54, 1.807) is 12.1 Å². The van der Waals surface area contributed by atoms with Crippen molar-refractivity contribution in [1.29, 1.82) is 0 Å². The van der Waals surface area contributed by atoms with Crippen molar-refractivity contribution in [3.8, 4) is 10.9 Å². The first-order valence-electron chi connectivity index (χ1n) is 5.94. The maximum atomic E-state index is 11.1. The fraction of sp³-hybridized carbons (Fsp3) is 0.308. The number of nitrogens with zero attached hydrogens (tertiary/aromatic N) is 2. The zero-order valence-corrected chi connectivity index (χ0v) is 11.5. The molecule has 0 fully saturated rings. The fourth-order valence-electron chi connectivity index (χ4n) is 1.59. The van der Waals surface area contributed by atoms with E-state index < -0.39 is 5.97 Å². The van der Waals surface area contributed by atoms with Crippen molar-refractivity contribution in [1.82, 2.24) is 9.36 Å². The summed E-state index contributed by atoms with van der Waals surface area (Å²) in [6.07, 6.45) is 1.75. The number of carbonyl (C=O) groups is 1. The van der Waals surface area contributed by atoms with Gasteiger partial charge in [0, 0.05) is 18.0 Å². The number of rotatable bonds is 5. The van der Waals surface area contributed by atoms with E-state index >= 15 is 0 Å². The van der Waals surface area contributed by atoms with Gasteiger partial charge in [0.05, 0.1) is 0 Å². The number of carboxylic acid groups (broad SMARTS) is 1. The van der Waals surface area contributed by atoms with Gasteiger partial charge in [0.15, 0.2) is 0 Å². The van der Waals surface area contributed by atoms with Gasteiger partial charge in [0.2, 0.25) is 0 Å². The molecule has 1 heterocycles. The number of hydrogen-bond donors (Lipinski definition) is 1. The first kappa shape index (κ1) is 13.5. The smallest absolute Gasteiger partial charge is 0.339 e. The van der Waals surface area contributed by atoms with E-state index in [-0.39, 0.29) is 5.56 Å². The quantitative estimate of drug-likeness (QED) is 0.908. The van der Waals surface area contributed by atoms with Crippen LogP contribution in [-0.2, 0) is 6.42 Å². The molecule has 2 rings (SSSR count).